The predicted molar refractivity (Wildman–Crippen MR) is 83.9 cm³/mol. The number of hydrogen-bond donors (Lipinski definition) is 1. The van der Waals surface area contributed by atoms with Crippen LogP contribution in [0.25, 0.3) is 0 Å². The molecule has 6 heteroatoms. The molecule has 112 valence electrons. The van der Waals surface area contributed by atoms with Gasteiger partial charge in [0.1, 0.15) is 5.75 Å². The Balaban J connectivity index is 2.22. The Hall–Kier alpha value is -2.08. The van der Waals surface area contributed by atoms with E-state index >= 15 is 0 Å². The summed E-state index contributed by atoms with van der Waals surface area (Å²) in [6, 6.07) is 7.62. The fraction of sp³-hybridized carbons (Fsp3) is 0.333. The molecule has 1 heterocycles. The molecule has 0 radical (unpaired) electrons. The van der Waals surface area contributed by atoms with Crippen molar-refractivity contribution in [1.29, 1.82) is 0 Å². The number of aryl methyl sites for hydroxylation is 1. The number of carbonyl (C=O) groups is 1. The Morgan fingerprint density at radius 1 is 1.38 bits per heavy atom. The maximum atomic E-state index is 10.9. The van der Waals surface area contributed by atoms with Crippen molar-refractivity contribution in [3.05, 3.63) is 40.1 Å². The number of benzene rings is 1. The summed E-state index contributed by atoms with van der Waals surface area (Å²) in [6.07, 6.45) is 0. The molecule has 21 heavy (non-hydrogen) atoms. The van der Waals surface area contributed by atoms with Gasteiger partial charge in [0, 0.05) is 31.1 Å². The zero-order chi connectivity index (χ0) is 15.2. The third kappa shape index (κ3) is 4.19. The highest BCUT2D eigenvalue weighted by Crippen LogP contribution is 2.17. The minimum atomic E-state index is -0.0166. The van der Waals surface area contributed by atoms with Gasteiger partial charge in [-0.15, -0.1) is 11.3 Å². The molecule has 1 aromatic heterocycles. The average molecular weight is 305 g/mol. The average Bonchev–Trinajstić information content (AvgIpc) is 2.81. The minimum absolute atomic E-state index is 0.0166. The molecular weight excluding hydrogens is 286 g/mol. The molecule has 5 nitrogen and oxygen atoms in total. The zero-order valence-electron chi connectivity index (χ0n) is 12.4. The van der Waals surface area contributed by atoms with E-state index in [0.717, 1.165) is 21.9 Å². The number of nitrogens with zero attached hydrogens (tertiary/aromatic N) is 2. The fourth-order valence-electron chi connectivity index (χ4n) is 1.89. The molecule has 1 amide bonds. The quantitative estimate of drug-likeness (QED) is 0.921. The standard InChI is InChI=1S/C15H19N3O2S/c1-11-10-21-15(18(11)9-8-16-12(2)19)17-13-4-6-14(20-3)7-5-13/h4-7,10H,8-9H2,1-3H3,(H,16,19). The van der Waals surface area contributed by atoms with Crippen LogP contribution in [0.4, 0.5) is 5.69 Å². The summed E-state index contributed by atoms with van der Waals surface area (Å²) in [7, 11) is 1.64. The van der Waals surface area contributed by atoms with Crippen molar-refractivity contribution in [3.8, 4) is 5.75 Å². The number of ether oxygens (including phenoxy) is 1. The molecule has 2 aromatic rings. The summed E-state index contributed by atoms with van der Waals surface area (Å²) in [5, 5.41) is 4.87. The normalized spacial score (nSPS) is 11.5. The van der Waals surface area contributed by atoms with E-state index in [0.29, 0.717) is 13.1 Å². The van der Waals surface area contributed by atoms with Gasteiger partial charge in [-0.3, -0.25) is 4.79 Å². The van der Waals surface area contributed by atoms with Crippen molar-refractivity contribution in [1.82, 2.24) is 9.88 Å². The molecule has 2 rings (SSSR count). The second kappa shape index (κ2) is 7.08. The number of aromatic nitrogens is 1. The number of nitrogens with one attached hydrogen (secondary N) is 1. The van der Waals surface area contributed by atoms with Gasteiger partial charge in [-0.25, -0.2) is 4.99 Å². The molecule has 0 fully saturated rings. The summed E-state index contributed by atoms with van der Waals surface area (Å²) < 4.78 is 7.24. The van der Waals surface area contributed by atoms with E-state index in [1.54, 1.807) is 18.4 Å². The van der Waals surface area contributed by atoms with Gasteiger partial charge in [-0.1, -0.05) is 0 Å². The number of rotatable bonds is 5. The van der Waals surface area contributed by atoms with Crippen LogP contribution in [-0.4, -0.2) is 24.1 Å². The maximum Gasteiger partial charge on any atom is 0.216 e. The molecule has 0 spiro atoms. The molecule has 0 aliphatic rings. The third-order valence-corrected chi connectivity index (χ3v) is 3.98. The van der Waals surface area contributed by atoms with Crippen LogP contribution in [0.1, 0.15) is 12.6 Å². The van der Waals surface area contributed by atoms with Crippen molar-refractivity contribution < 1.29 is 9.53 Å². The third-order valence-electron chi connectivity index (χ3n) is 3.00. The lowest BCUT2D eigenvalue weighted by Gasteiger charge is -2.06. The van der Waals surface area contributed by atoms with Gasteiger partial charge in [0.15, 0.2) is 4.80 Å². The Bertz CT molecular complexity index is 671. The molecule has 0 saturated carbocycles. The van der Waals surface area contributed by atoms with E-state index in [-0.39, 0.29) is 5.91 Å². The maximum absolute atomic E-state index is 10.9. The fourth-order valence-corrected chi connectivity index (χ4v) is 2.81. The van der Waals surface area contributed by atoms with Gasteiger partial charge in [0.2, 0.25) is 5.91 Å². The van der Waals surface area contributed by atoms with Gasteiger partial charge in [-0.05, 0) is 31.2 Å². The van der Waals surface area contributed by atoms with Crippen LogP contribution in [0.15, 0.2) is 34.6 Å². The SMILES string of the molecule is COc1ccc(N=c2scc(C)n2CCNC(C)=O)cc1. The lowest BCUT2D eigenvalue weighted by atomic mass is 10.3. The van der Waals surface area contributed by atoms with Crippen molar-refractivity contribution >= 4 is 22.9 Å². The van der Waals surface area contributed by atoms with Crippen molar-refractivity contribution in [2.75, 3.05) is 13.7 Å². The topological polar surface area (TPSA) is 55.6 Å². The zero-order valence-corrected chi connectivity index (χ0v) is 13.2. The highest BCUT2D eigenvalue weighted by Gasteiger charge is 2.02. The van der Waals surface area contributed by atoms with Gasteiger partial charge in [0.05, 0.1) is 12.8 Å². The summed E-state index contributed by atoms with van der Waals surface area (Å²) >= 11 is 1.59. The molecular formula is C15H19N3O2S. The van der Waals surface area contributed by atoms with Gasteiger partial charge >= 0.3 is 0 Å². The first-order chi connectivity index (χ1) is 10.1. The summed E-state index contributed by atoms with van der Waals surface area (Å²) in [6.45, 7) is 4.87. The first-order valence-electron chi connectivity index (χ1n) is 6.68. The molecule has 0 atom stereocenters. The van der Waals surface area contributed by atoms with E-state index in [2.05, 4.69) is 20.3 Å². The second-order valence-electron chi connectivity index (χ2n) is 4.60. The Morgan fingerprint density at radius 2 is 2.10 bits per heavy atom. The van der Waals surface area contributed by atoms with Crippen LogP contribution in [0.2, 0.25) is 0 Å². The largest absolute Gasteiger partial charge is 0.497 e. The predicted octanol–water partition coefficient (Wildman–Crippen LogP) is 2.24. The Kier molecular flexibility index (Phi) is 5.16. The molecule has 0 aliphatic carbocycles. The first-order valence-corrected chi connectivity index (χ1v) is 7.56. The molecule has 0 aliphatic heterocycles. The van der Waals surface area contributed by atoms with Crippen LogP contribution >= 0.6 is 11.3 Å². The van der Waals surface area contributed by atoms with E-state index in [9.17, 15) is 4.79 Å². The number of hydrogen-bond acceptors (Lipinski definition) is 4. The van der Waals surface area contributed by atoms with E-state index < -0.39 is 0 Å². The Labute approximate surface area is 127 Å². The number of carbonyl (C=O) groups excluding carboxylic acids is 1. The molecule has 0 bridgehead atoms. The summed E-state index contributed by atoms with van der Waals surface area (Å²) in [5.41, 5.74) is 2.02. The van der Waals surface area contributed by atoms with E-state index in [4.69, 9.17) is 4.74 Å². The number of amides is 1. The molecule has 1 N–H and O–H groups in total. The van der Waals surface area contributed by atoms with Crippen molar-refractivity contribution in [2.45, 2.75) is 20.4 Å². The smallest absolute Gasteiger partial charge is 0.216 e. The van der Waals surface area contributed by atoms with Crippen LogP contribution in [0.3, 0.4) is 0 Å². The number of methoxy groups -OCH3 is 1. The van der Waals surface area contributed by atoms with Crippen LogP contribution in [-0.2, 0) is 11.3 Å². The molecule has 1 aromatic carbocycles. The van der Waals surface area contributed by atoms with Crippen molar-refractivity contribution in [3.63, 3.8) is 0 Å². The monoisotopic (exact) mass is 305 g/mol. The van der Waals surface area contributed by atoms with Crippen LogP contribution in [0, 0.1) is 6.92 Å². The first kappa shape index (κ1) is 15.3. The lowest BCUT2D eigenvalue weighted by molar-refractivity contribution is -0.118. The van der Waals surface area contributed by atoms with Crippen molar-refractivity contribution in [2.24, 2.45) is 4.99 Å². The van der Waals surface area contributed by atoms with Gasteiger partial charge in [-0.2, -0.15) is 0 Å². The molecule has 0 saturated heterocycles. The summed E-state index contributed by atoms with van der Waals surface area (Å²) in [4.78, 5) is 16.5. The van der Waals surface area contributed by atoms with E-state index in [1.165, 1.54) is 6.92 Å². The lowest BCUT2D eigenvalue weighted by Crippen LogP contribution is -2.28. The minimum Gasteiger partial charge on any atom is -0.497 e. The van der Waals surface area contributed by atoms with Gasteiger partial charge in [0.25, 0.3) is 0 Å². The van der Waals surface area contributed by atoms with E-state index in [1.807, 2.05) is 31.2 Å². The van der Waals surface area contributed by atoms with Crippen LogP contribution < -0.4 is 14.9 Å². The Morgan fingerprint density at radius 3 is 2.71 bits per heavy atom. The number of thiazole rings is 1. The van der Waals surface area contributed by atoms with Gasteiger partial charge < -0.3 is 14.6 Å². The van der Waals surface area contributed by atoms with Crippen LogP contribution in [0.5, 0.6) is 5.75 Å². The highest BCUT2D eigenvalue weighted by molar-refractivity contribution is 7.07. The second-order valence-corrected chi connectivity index (χ2v) is 5.44. The molecule has 0 unspecified atom stereocenters. The summed E-state index contributed by atoms with van der Waals surface area (Å²) in [5.74, 6) is 0.798. The highest BCUT2D eigenvalue weighted by atomic mass is 32.1.